The topological polar surface area (TPSA) is 74.8 Å². The van der Waals surface area contributed by atoms with Crippen LogP contribution in [0.1, 0.15) is 21.5 Å². The van der Waals surface area contributed by atoms with Gasteiger partial charge in [-0.15, -0.1) is 0 Å². The van der Waals surface area contributed by atoms with Crippen molar-refractivity contribution in [2.24, 2.45) is 0 Å². The molecule has 0 spiro atoms. The Morgan fingerprint density at radius 1 is 1.06 bits per heavy atom. The highest BCUT2D eigenvalue weighted by Gasteiger charge is 2.14. The van der Waals surface area contributed by atoms with Gasteiger partial charge < -0.3 is 19.9 Å². The average molecular weight is 457 g/mol. The fourth-order valence-corrected chi connectivity index (χ4v) is 3.73. The molecule has 34 heavy (non-hydrogen) atoms. The molecule has 174 valence electrons. The molecule has 0 radical (unpaired) electrons. The van der Waals surface area contributed by atoms with Crippen molar-refractivity contribution < 1.29 is 14.3 Å². The summed E-state index contributed by atoms with van der Waals surface area (Å²) < 4.78 is 5.37. The minimum Gasteiger partial charge on any atom is -0.378 e. The standard InChI is InChI=1S/C27H28N4O3/c1-20-5-3-8-23(17-20)30(2)27(33)22-7-4-6-21(18-22)9-12-26(32)29-25-11-10-24(19-28-25)31-13-15-34-16-14-31/h3-12,17-19H,13-16H2,1-2H3,(H,28,29,32)/b12-9+. The summed E-state index contributed by atoms with van der Waals surface area (Å²) in [5.74, 6) is 0.0745. The summed E-state index contributed by atoms with van der Waals surface area (Å²) in [6.45, 7) is 5.07. The second-order valence-electron chi connectivity index (χ2n) is 8.15. The Balaban J connectivity index is 1.37. The first kappa shape index (κ1) is 23.2. The molecule has 0 atom stereocenters. The first-order chi connectivity index (χ1) is 16.5. The van der Waals surface area contributed by atoms with Crippen molar-refractivity contribution >= 4 is 35.1 Å². The lowest BCUT2D eigenvalue weighted by atomic mass is 10.1. The van der Waals surface area contributed by atoms with E-state index in [4.69, 9.17) is 4.74 Å². The van der Waals surface area contributed by atoms with Gasteiger partial charge in [0.15, 0.2) is 0 Å². The molecule has 2 aromatic carbocycles. The van der Waals surface area contributed by atoms with Gasteiger partial charge in [-0.05, 0) is 60.5 Å². The molecule has 1 fully saturated rings. The highest BCUT2D eigenvalue weighted by Crippen LogP contribution is 2.19. The van der Waals surface area contributed by atoms with Gasteiger partial charge in [-0.1, -0.05) is 24.3 Å². The average Bonchev–Trinajstić information content (AvgIpc) is 2.88. The van der Waals surface area contributed by atoms with E-state index in [0.717, 1.165) is 35.6 Å². The first-order valence-corrected chi connectivity index (χ1v) is 11.2. The number of nitrogens with one attached hydrogen (secondary N) is 1. The van der Waals surface area contributed by atoms with Gasteiger partial charge in [0.1, 0.15) is 5.82 Å². The molecule has 1 saturated heterocycles. The number of nitrogens with zero attached hydrogens (tertiary/aromatic N) is 3. The number of pyridine rings is 1. The Hall–Kier alpha value is -3.97. The molecule has 0 saturated carbocycles. The fourth-order valence-electron chi connectivity index (χ4n) is 3.73. The van der Waals surface area contributed by atoms with Crippen LogP contribution in [0.25, 0.3) is 6.08 Å². The third kappa shape index (κ3) is 5.88. The maximum atomic E-state index is 12.9. The number of ether oxygens (including phenoxy) is 1. The number of aromatic nitrogens is 1. The zero-order valence-corrected chi connectivity index (χ0v) is 19.4. The van der Waals surface area contributed by atoms with Crippen molar-refractivity contribution in [1.82, 2.24) is 4.98 Å². The summed E-state index contributed by atoms with van der Waals surface area (Å²) in [5, 5.41) is 2.77. The molecular formula is C27H28N4O3. The molecule has 1 aromatic heterocycles. The van der Waals surface area contributed by atoms with E-state index in [1.165, 1.54) is 6.08 Å². The maximum Gasteiger partial charge on any atom is 0.258 e. The number of carbonyl (C=O) groups excluding carboxylic acids is 2. The highest BCUT2D eigenvalue weighted by molar-refractivity contribution is 6.06. The van der Waals surface area contributed by atoms with E-state index in [1.54, 1.807) is 48.5 Å². The molecule has 2 amide bonds. The molecule has 1 N–H and O–H groups in total. The Kier molecular flexibility index (Phi) is 7.34. The number of amides is 2. The molecule has 2 heterocycles. The number of hydrogen-bond donors (Lipinski definition) is 1. The lowest BCUT2D eigenvalue weighted by Gasteiger charge is -2.28. The lowest BCUT2D eigenvalue weighted by Crippen LogP contribution is -2.36. The minimum atomic E-state index is -0.291. The van der Waals surface area contributed by atoms with Crippen LogP contribution in [0.3, 0.4) is 0 Å². The van der Waals surface area contributed by atoms with Gasteiger partial charge in [0, 0.05) is 37.5 Å². The van der Waals surface area contributed by atoms with Gasteiger partial charge in [-0.2, -0.15) is 0 Å². The molecule has 1 aliphatic heterocycles. The molecule has 7 nitrogen and oxygen atoms in total. The fraction of sp³-hybridized carbons (Fsp3) is 0.222. The number of anilines is 3. The minimum absolute atomic E-state index is 0.116. The summed E-state index contributed by atoms with van der Waals surface area (Å²) in [6.07, 6.45) is 4.87. The van der Waals surface area contributed by atoms with Crippen LogP contribution >= 0.6 is 0 Å². The Labute approximate surface area is 199 Å². The smallest absolute Gasteiger partial charge is 0.258 e. The predicted molar refractivity (Wildman–Crippen MR) is 135 cm³/mol. The second kappa shape index (κ2) is 10.8. The van der Waals surface area contributed by atoms with Crippen LogP contribution in [0.2, 0.25) is 0 Å². The molecule has 4 rings (SSSR count). The summed E-state index contributed by atoms with van der Waals surface area (Å²) in [6, 6.07) is 18.7. The van der Waals surface area contributed by atoms with Crippen LogP contribution in [0, 0.1) is 6.92 Å². The molecule has 1 aliphatic rings. The molecule has 0 bridgehead atoms. The number of aryl methyl sites for hydroxylation is 1. The zero-order valence-electron chi connectivity index (χ0n) is 19.4. The Morgan fingerprint density at radius 3 is 2.59 bits per heavy atom. The van der Waals surface area contributed by atoms with E-state index in [0.29, 0.717) is 24.6 Å². The summed E-state index contributed by atoms with van der Waals surface area (Å²) >= 11 is 0. The van der Waals surface area contributed by atoms with E-state index in [-0.39, 0.29) is 11.8 Å². The van der Waals surface area contributed by atoms with Crippen LogP contribution in [0.4, 0.5) is 17.2 Å². The van der Waals surface area contributed by atoms with Crippen molar-refractivity contribution in [2.75, 3.05) is 48.5 Å². The monoisotopic (exact) mass is 456 g/mol. The zero-order chi connectivity index (χ0) is 23.9. The molecule has 3 aromatic rings. The van der Waals surface area contributed by atoms with Gasteiger partial charge in [0.05, 0.1) is 25.1 Å². The van der Waals surface area contributed by atoms with Crippen molar-refractivity contribution in [2.45, 2.75) is 6.92 Å². The molecular weight excluding hydrogens is 428 g/mol. The van der Waals surface area contributed by atoms with Crippen molar-refractivity contribution in [3.63, 3.8) is 0 Å². The number of morpholine rings is 1. The Bertz CT molecular complexity index is 1180. The van der Waals surface area contributed by atoms with Crippen molar-refractivity contribution in [3.05, 3.63) is 89.6 Å². The van der Waals surface area contributed by atoms with Gasteiger partial charge >= 0.3 is 0 Å². The molecule has 0 unspecified atom stereocenters. The largest absolute Gasteiger partial charge is 0.378 e. The Morgan fingerprint density at radius 2 is 1.85 bits per heavy atom. The summed E-state index contributed by atoms with van der Waals surface area (Å²) in [7, 11) is 1.75. The van der Waals surface area contributed by atoms with E-state index in [2.05, 4.69) is 15.2 Å². The van der Waals surface area contributed by atoms with Crippen LogP contribution in [0.15, 0.2) is 72.9 Å². The summed E-state index contributed by atoms with van der Waals surface area (Å²) in [5.41, 5.74) is 4.23. The van der Waals surface area contributed by atoms with Gasteiger partial charge in [-0.3, -0.25) is 9.59 Å². The number of rotatable bonds is 6. The van der Waals surface area contributed by atoms with Crippen LogP contribution in [-0.2, 0) is 9.53 Å². The van der Waals surface area contributed by atoms with Crippen LogP contribution in [-0.4, -0.2) is 50.1 Å². The van der Waals surface area contributed by atoms with Gasteiger partial charge in [0.2, 0.25) is 5.91 Å². The van der Waals surface area contributed by atoms with Gasteiger partial charge in [-0.25, -0.2) is 4.98 Å². The number of benzene rings is 2. The third-order valence-electron chi connectivity index (χ3n) is 5.63. The van der Waals surface area contributed by atoms with E-state index < -0.39 is 0 Å². The van der Waals surface area contributed by atoms with Crippen LogP contribution < -0.4 is 15.1 Å². The van der Waals surface area contributed by atoms with E-state index in [9.17, 15) is 9.59 Å². The van der Waals surface area contributed by atoms with Gasteiger partial charge in [0.25, 0.3) is 5.91 Å². The number of carbonyl (C=O) groups is 2. The van der Waals surface area contributed by atoms with Crippen LogP contribution in [0.5, 0.6) is 0 Å². The summed E-state index contributed by atoms with van der Waals surface area (Å²) in [4.78, 5) is 33.5. The van der Waals surface area contributed by atoms with Crippen molar-refractivity contribution in [1.29, 1.82) is 0 Å². The van der Waals surface area contributed by atoms with Crippen molar-refractivity contribution in [3.8, 4) is 0 Å². The van der Waals surface area contributed by atoms with E-state index in [1.807, 2.05) is 43.3 Å². The molecule has 7 heteroatoms. The SMILES string of the molecule is Cc1cccc(N(C)C(=O)c2cccc(/C=C/C(=O)Nc3ccc(N4CCOCC4)cn3)c2)c1. The predicted octanol–water partition coefficient (Wildman–Crippen LogP) is 4.16. The lowest BCUT2D eigenvalue weighted by molar-refractivity contribution is -0.111. The number of hydrogen-bond acceptors (Lipinski definition) is 5. The third-order valence-corrected chi connectivity index (χ3v) is 5.63. The maximum absolute atomic E-state index is 12.9. The quantitative estimate of drug-likeness (QED) is 0.564. The second-order valence-corrected chi connectivity index (χ2v) is 8.15. The first-order valence-electron chi connectivity index (χ1n) is 11.2. The highest BCUT2D eigenvalue weighted by atomic mass is 16.5. The molecule has 0 aliphatic carbocycles. The normalized spacial score (nSPS) is 13.6. The van der Waals surface area contributed by atoms with E-state index >= 15 is 0 Å².